The molecular weight excluding hydrogens is 320 g/mol. The van der Waals surface area contributed by atoms with Crippen molar-refractivity contribution in [1.29, 1.82) is 5.26 Å². The van der Waals surface area contributed by atoms with Crippen LogP contribution >= 0.6 is 11.8 Å². The van der Waals surface area contributed by atoms with E-state index in [-0.39, 0.29) is 5.97 Å². The monoisotopic (exact) mass is 338 g/mol. The Bertz CT molecular complexity index is 784. The maximum absolute atomic E-state index is 12.3. The van der Waals surface area contributed by atoms with Gasteiger partial charge in [-0.15, -0.1) is 0 Å². The Hall–Kier alpha value is -2.32. The Morgan fingerprint density at radius 3 is 2.75 bits per heavy atom. The van der Waals surface area contributed by atoms with Crippen molar-refractivity contribution >= 4 is 17.7 Å². The summed E-state index contributed by atoms with van der Waals surface area (Å²) in [5, 5.41) is 9.56. The summed E-state index contributed by atoms with van der Waals surface area (Å²) in [6, 6.07) is 13.6. The zero-order valence-corrected chi connectivity index (χ0v) is 14.3. The van der Waals surface area contributed by atoms with Crippen LogP contribution in [0, 0.1) is 11.3 Å². The molecule has 0 amide bonds. The molecular formula is C19H18N2O2S. The van der Waals surface area contributed by atoms with E-state index in [0.717, 1.165) is 42.5 Å². The first-order valence-electron chi connectivity index (χ1n) is 7.95. The average molecular weight is 338 g/mol. The van der Waals surface area contributed by atoms with Gasteiger partial charge in [0.15, 0.2) is 0 Å². The molecule has 0 saturated heterocycles. The van der Waals surface area contributed by atoms with Gasteiger partial charge in [0.05, 0.1) is 12.7 Å². The number of aromatic nitrogens is 1. The molecule has 0 bridgehead atoms. The van der Waals surface area contributed by atoms with Crippen molar-refractivity contribution in [2.45, 2.75) is 36.0 Å². The van der Waals surface area contributed by atoms with Crippen LogP contribution in [0.5, 0.6) is 0 Å². The van der Waals surface area contributed by atoms with Crippen molar-refractivity contribution in [2.75, 3.05) is 7.11 Å². The summed E-state index contributed by atoms with van der Waals surface area (Å²) in [7, 11) is 1.38. The number of pyridine rings is 1. The summed E-state index contributed by atoms with van der Waals surface area (Å²) < 4.78 is 4.95. The highest BCUT2D eigenvalue weighted by atomic mass is 32.2. The van der Waals surface area contributed by atoms with Crippen LogP contribution in [0.4, 0.5) is 0 Å². The summed E-state index contributed by atoms with van der Waals surface area (Å²) in [6.07, 6.45) is 4.17. The second-order valence-corrected chi connectivity index (χ2v) is 6.79. The summed E-state index contributed by atoms with van der Waals surface area (Å²) in [4.78, 5) is 17.0. The van der Waals surface area contributed by atoms with Gasteiger partial charge in [0, 0.05) is 5.69 Å². The lowest BCUT2D eigenvalue weighted by Crippen LogP contribution is -2.13. The van der Waals surface area contributed by atoms with Crippen LogP contribution < -0.4 is 0 Å². The number of hydrogen-bond donors (Lipinski definition) is 0. The number of thioether (sulfide) groups is 1. The maximum Gasteiger partial charge on any atom is 0.323 e. The average Bonchev–Trinajstić information content (AvgIpc) is 2.65. The minimum Gasteiger partial charge on any atom is -0.468 e. The first-order valence-corrected chi connectivity index (χ1v) is 8.83. The van der Waals surface area contributed by atoms with E-state index in [2.05, 4.69) is 6.07 Å². The predicted octanol–water partition coefficient (Wildman–Crippen LogP) is 3.84. The van der Waals surface area contributed by atoms with E-state index in [1.807, 2.05) is 36.4 Å². The molecule has 1 aliphatic rings. The first kappa shape index (κ1) is 16.5. The van der Waals surface area contributed by atoms with Crippen molar-refractivity contribution in [3.8, 4) is 6.07 Å². The molecule has 0 saturated carbocycles. The van der Waals surface area contributed by atoms with Gasteiger partial charge in [0.2, 0.25) is 0 Å². The summed E-state index contributed by atoms with van der Waals surface area (Å²) in [6.45, 7) is 0. The minimum absolute atomic E-state index is 0.338. The molecule has 122 valence electrons. The fourth-order valence-electron chi connectivity index (χ4n) is 2.88. The summed E-state index contributed by atoms with van der Waals surface area (Å²) in [5.41, 5.74) is 3.60. The fraction of sp³-hybridized carbons (Fsp3) is 0.316. The highest BCUT2D eigenvalue weighted by Crippen LogP contribution is 2.38. The van der Waals surface area contributed by atoms with E-state index < -0.39 is 5.25 Å². The molecule has 0 N–H and O–H groups in total. The van der Waals surface area contributed by atoms with E-state index in [1.165, 1.54) is 18.9 Å². The second-order valence-electron chi connectivity index (χ2n) is 5.70. The second kappa shape index (κ2) is 7.50. The number of nitrogens with zero attached hydrogens (tertiary/aromatic N) is 2. The lowest BCUT2D eigenvalue weighted by molar-refractivity contribution is -0.140. The van der Waals surface area contributed by atoms with E-state index in [9.17, 15) is 10.1 Å². The van der Waals surface area contributed by atoms with Crippen molar-refractivity contribution in [1.82, 2.24) is 4.98 Å². The van der Waals surface area contributed by atoms with Gasteiger partial charge in [-0.05, 0) is 42.9 Å². The number of aryl methyl sites for hydroxylation is 2. The molecule has 5 heteroatoms. The first-order chi connectivity index (χ1) is 11.7. The third-order valence-electron chi connectivity index (χ3n) is 4.13. The van der Waals surface area contributed by atoms with Crippen molar-refractivity contribution in [3.05, 3.63) is 58.8 Å². The molecule has 1 atom stereocenters. The standard InChI is InChI=1S/C19H18N2O2S/c1-23-19(22)17(13-7-3-2-4-8-13)24-18-15(12-20)11-14-9-5-6-10-16(14)21-18/h2-4,7-8,11,17H,5-6,9-10H2,1H3/t17-/m1/s1. The van der Waals surface area contributed by atoms with E-state index in [0.29, 0.717) is 10.6 Å². The Morgan fingerprint density at radius 2 is 2.04 bits per heavy atom. The molecule has 2 aromatic rings. The van der Waals surface area contributed by atoms with Crippen LogP contribution in [-0.2, 0) is 22.4 Å². The van der Waals surface area contributed by atoms with Crippen LogP contribution in [0.1, 0.15) is 40.5 Å². The summed E-state index contributed by atoms with van der Waals surface area (Å²) >= 11 is 1.29. The van der Waals surface area contributed by atoms with Crippen LogP contribution in [-0.4, -0.2) is 18.1 Å². The van der Waals surface area contributed by atoms with Crippen molar-refractivity contribution in [3.63, 3.8) is 0 Å². The molecule has 0 fully saturated rings. The number of benzene rings is 1. The molecule has 1 aromatic heterocycles. The van der Waals surface area contributed by atoms with Gasteiger partial charge in [0.1, 0.15) is 16.3 Å². The maximum atomic E-state index is 12.3. The zero-order valence-electron chi connectivity index (χ0n) is 13.5. The van der Waals surface area contributed by atoms with Crippen LogP contribution in [0.2, 0.25) is 0 Å². The molecule has 0 unspecified atom stereocenters. The minimum atomic E-state index is -0.530. The number of hydrogen-bond acceptors (Lipinski definition) is 5. The van der Waals surface area contributed by atoms with Gasteiger partial charge in [-0.2, -0.15) is 5.26 Å². The number of esters is 1. The van der Waals surface area contributed by atoms with E-state index in [1.54, 1.807) is 0 Å². The van der Waals surface area contributed by atoms with Gasteiger partial charge in [-0.1, -0.05) is 42.1 Å². The molecule has 0 aliphatic heterocycles. The molecule has 24 heavy (non-hydrogen) atoms. The number of fused-ring (bicyclic) bond motifs is 1. The molecule has 1 aliphatic carbocycles. The zero-order chi connectivity index (χ0) is 16.9. The predicted molar refractivity (Wildman–Crippen MR) is 92.7 cm³/mol. The topological polar surface area (TPSA) is 63.0 Å². The normalized spacial score (nSPS) is 14.3. The van der Waals surface area contributed by atoms with Crippen molar-refractivity contribution in [2.24, 2.45) is 0 Å². The molecule has 4 nitrogen and oxygen atoms in total. The molecule has 1 aromatic carbocycles. The van der Waals surface area contributed by atoms with Gasteiger partial charge in [0.25, 0.3) is 0 Å². The molecule has 1 heterocycles. The lowest BCUT2D eigenvalue weighted by atomic mass is 9.95. The smallest absolute Gasteiger partial charge is 0.323 e. The molecule has 0 spiro atoms. The van der Waals surface area contributed by atoms with Crippen LogP contribution in [0.3, 0.4) is 0 Å². The SMILES string of the molecule is COC(=O)[C@H](Sc1nc2c(cc1C#N)CCCC2)c1ccccc1. The van der Waals surface area contributed by atoms with Gasteiger partial charge in [-0.25, -0.2) is 4.98 Å². The molecule has 3 rings (SSSR count). The number of carbonyl (C=O) groups is 1. The number of rotatable bonds is 4. The number of carbonyl (C=O) groups excluding carboxylic acids is 1. The van der Waals surface area contributed by atoms with Crippen molar-refractivity contribution < 1.29 is 9.53 Å². The number of methoxy groups -OCH3 is 1. The third kappa shape index (κ3) is 3.44. The molecule has 0 radical (unpaired) electrons. The Labute approximate surface area is 145 Å². The Morgan fingerprint density at radius 1 is 1.29 bits per heavy atom. The van der Waals surface area contributed by atoms with Gasteiger partial charge >= 0.3 is 5.97 Å². The van der Waals surface area contributed by atoms with Gasteiger partial charge in [-0.3, -0.25) is 4.79 Å². The van der Waals surface area contributed by atoms with Crippen LogP contribution in [0.25, 0.3) is 0 Å². The number of ether oxygens (including phenoxy) is 1. The van der Waals surface area contributed by atoms with Gasteiger partial charge < -0.3 is 4.74 Å². The Kier molecular flexibility index (Phi) is 5.17. The summed E-state index contributed by atoms with van der Waals surface area (Å²) in [5.74, 6) is -0.338. The largest absolute Gasteiger partial charge is 0.468 e. The lowest BCUT2D eigenvalue weighted by Gasteiger charge is -2.19. The van der Waals surface area contributed by atoms with Crippen LogP contribution in [0.15, 0.2) is 41.4 Å². The van der Waals surface area contributed by atoms with E-state index in [4.69, 9.17) is 9.72 Å². The number of nitriles is 1. The highest BCUT2D eigenvalue weighted by Gasteiger charge is 2.26. The fourth-order valence-corrected chi connectivity index (χ4v) is 3.99. The Balaban J connectivity index is 1.98. The third-order valence-corrected chi connectivity index (χ3v) is 5.37. The highest BCUT2D eigenvalue weighted by molar-refractivity contribution is 8.00. The quantitative estimate of drug-likeness (QED) is 0.626. The van der Waals surface area contributed by atoms with E-state index >= 15 is 0 Å².